The van der Waals surface area contributed by atoms with Gasteiger partial charge in [0.15, 0.2) is 0 Å². The van der Waals surface area contributed by atoms with Crippen molar-refractivity contribution in [3.63, 3.8) is 0 Å². The van der Waals surface area contributed by atoms with Gasteiger partial charge in [0.2, 0.25) is 0 Å². The van der Waals surface area contributed by atoms with Crippen LogP contribution in [0.2, 0.25) is 0 Å². The lowest BCUT2D eigenvalue weighted by Gasteiger charge is -2.13. The predicted octanol–water partition coefficient (Wildman–Crippen LogP) is -0.359. The molecule has 0 saturated heterocycles. The van der Waals surface area contributed by atoms with Crippen molar-refractivity contribution >= 4 is 31.9 Å². The third-order valence-corrected chi connectivity index (χ3v) is 3.89. The van der Waals surface area contributed by atoms with Crippen LogP contribution < -0.4 is 10.6 Å². The number of benzene rings is 1. The number of phenolic OH excluding ortho intramolecular Hbond substituents is 1. The topological polar surface area (TPSA) is 135 Å². The standard InChI is InChI=1S/C8H10O7P2/c1-2-5-3-6(16(10,11)12)8(9)7(4-5)17(13,14)15/h2-4,9H,1H2,(H2,10,11,12)(H2,13,14,15). The van der Waals surface area contributed by atoms with Gasteiger partial charge in [0.1, 0.15) is 16.4 Å². The Balaban J connectivity index is 3.71. The molecule has 0 atom stereocenters. The van der Waals surface area contributed by atoms with Crippen LogP contribution in [0.15, 0.2) is 18.7 Å². The van der Waals surface area contributed by atoms with Crippen LogP contribution in [0.5, 0.6) is 5.75 Å². The Morgan fingerprint density at radius 1 is 1.00 bits per heavy atom. The van der Waals surface area contributed by atoms with E-state index in [-0.39, 0.29) is 5.56 Å². The van der Waals surface area contributed by atoms with E-state index in [1.165, 1.54) is 0 Å². The lowest BCUT2D eigenvalue weighted by Crippen LogP contribution is -2.16. The van der Waals surface area contributed by atoms with Crippen molar-refractivity contribution in [2.75, 3.05) is 0 Å². The summed E-state index contributed by atoms with van der Waals surface area (Å²) in [4.78, 5) is 35.8. The second-order valence-electron chi connectivity index (χ2n) is 3.20. The molecule has 5 N–H and O–H groups in total. The fourth-order valence-electron chi connectivity index (χ4n) is 1.19. The van der Waals surface area contributed by atoms with Gasteiger partial charge in [0.05, 0.1) is 0 Å². The van der Waals surface area contributed by atoms with Gasteiger partial charge in [-0.1, -0.05) is 12.7 Å². The fourth-order valence-corrected chi connectivity index (χ4v) is 2.70. The summed E-state index contributed by atoms with van der Waals surface area (Å²) in [6.45, 7) is 3.32. The molecule has 0 radical (unpaired) electrons. The lowest BCUT2D eigenvalue weighted by atomic mass is 10.2. The Morgan fingerprint density at radius 2 is 1.35 bits per heavy atom. The second-order valence-corrected chi connectivity index (χ2v) is 6.34. The quantitative estimate of drug-likeness (QED) is 0.477. The maximum Gasteiger partial charge on any atom is 0.360 e. The molecule has 0 fully saturated rings. The first-order valence-electron chi connectivity index (χ1n) is 4.19. The fraction of sp³-hybridized carbons (Fsp3) is 0. The number of phenols is 1. The van der Waals surface area contributed by atoms with E-state index >= 15 is 0 Å². The summed E-state index contributed by atoms with van der Waals surface area (Å²) in [7, 11) is -9.67. The third kappa shape index (κ3) is 3.04. The molecule has 0 heterocycles. The molecule has 7 nitrogen and oxygen atoms in total. The molecule has 1 aromatic carbocycles. The van der Waals surface area contributed by atoms with Crippen molar-refractivity contribution in [1.82, 2.24) is 0 Å². The number of hydrogen-bond acceptors (Lipinski definition) is 3. The van der Waals surface area contributed by atoms with Gasteiger partial charge in [0, 0.05) is 0 Å². The molecule has 0 saturated carbocycles. The number of hydrogen-bond donors (Lipinski definition) is 5. The van der Waals surface area contributed by atoms with Crippen molar-refractivity contribution in [3.8, 4) is 5.75 Å². The molecular formula is C8H10O7P2. The van der Waals surface area contributed by atoms with Crippen LogP contribution >= 0.6 is 15.2 Å². The molecule has 94 valence electrons. The normalized spacial score (nSPS) is 12.5. The van der Waals surface area contributed by atoms with Crippen LogP contribution in [-0.2, 0) is 9.13 Å². The SMILES string of the molecule is C=Cc1cc(P(=O)(O)O)c(O)c(P(=O)(O)O)c1. The first-order chi connectivity index (χ1) is 7.57. The average molecular weight is 280 g/mol. The maximum atomic E-state index is 11.0. The highest BCUT2D eigenvalue weighted by Gasteiger charge is 2.30. The van der Waals surface area contributed by atoms with E-state index in [0.717, 1.165) is 18.2 Å². The molecule has 0 unspecified atom stereocenters. The summed E-state index contributed by atoms with van der Waals surface area (Å²) < 4.78 is 22.1. The Kier molecular flexibility index (Phi) is 3.64. The van der Waals surface area contributed by atoms with Crippen LogP contribution in [0.25, 0.3) is 6.08 Å². The van der Waals surface area contributed by atoms with Crippen LogP contribution in [0, 0.1) is 0 Å². The molecule has 0 aliphatic heterocycles. The van der Waals surface area contributed by atoms with Gasteiger partial charge >= 0.3 is 15.2 Å². The molecule has 0 amide bonds. The highest BCUT2D eigenvalue weighted by molar-refractivity contribution is 7.62. The first kappa shape index (κ1) is 14.1. The summed E-state index contributed by atoms with van der Waals surface area (Å²) in [5, 5.41) is 7.78. The third-order valence-electron chi connectivity index (χ3n) is 1.96. The zero-order valence-corrected chi connectivity index (χ0v) is 10.2. The highest BCUT2D eigenvalue weighted by atomic mass is 31.2. The minimum absolute atomic E-state index is 0.0828. The monoisotopic (exact) mass is 280 g/mol. The van der Waals surface area contributed by atoms with E-state index in [1.54, 1.807) is 0 Å². The van der Waals surface area contributed by atoms with Gasteiger partial charge in [-0.25, -0.2) is 0 Å². The van der Waals surface area contributed by atoms with Crippen LogP contribution in [-0.4, -0.2) is 24.7 Å². The van der Waals surface area contributed by atoms with Crippen LogP contribution in [0.3, 0.4) is 0 Å². The second kappa shape index (κ2) is 4.38. The Morgan fingerprint density at radius 3 is 1.59 bits per heavy atom. The average Bonchev–Trinajstić information content (AvgIpc) is 2.14. The van der Waals surface area contributed by atoms with Crippen molar-refractivity contribution in [1.29, 1.82) is 0 Å². The first-order valence-corrected chi connectivity index (χ1v) is 7.41. The Labute approximate surface area is 96.4 Å². The molecule has 1 aromatic rings. The molecule has 0 aromatic heterocycles. The summed E-state index contributed by atoms with van der Waals surface area (Å²) in [6, 6.07) is 1.84. The van der Waals surface area contributed by atoms with Gasteiger partial charge < -0.3 is 24.7 Å². The Hall–Kier alpha value is -0.940. The zero-order valence-electron chi connectivity index (χ0n) is 8.39. The molecule has 0 aliphatic rings. The van der Waals surface area contributed by atoms with E-state index < -0.39 is 31.6 Å². The minimum atomic E-state index is -4.83. The highest BCUT2D eigenvalue weighted by Crippen LogP contribution is 2.42. The van der Waals surface area contributed by atoms with Gasteiger partial charge in [-0.15, -0.1) is 0 Å². The summed E-state index contributed by atoms with van der Waals surface area (Å²) in [5.74, 6) is -1.10. The summed E-state index contributed by atoms with van der Waals surface area (Å²) in [5.41, 5.74) is 0.0828. The van der Waals surface area contributed by atoms with Crippen molar-refractivity contribution < 1.29 is 33.8 Å². The van der Waals surface area contributed by atoms with Crippen LogP contribution in [0.4, 0.5) is 0 Å². The van der Waals surface area contributed by atoms with Gasteiger partial charge in [-0.05, 0) is 17.7 Å². The van der Waals surface area contributed by atoms with E-state index in [4.69, 9.17) is 19.6 Å². The summed E-state index contributed by atoms with van der Waals surface area (Å²) in [6.07, 6.45) is 1.15. The van der Waals surface area contributed by atoms with Crippen molar-refractivity contribution in [3.05, 3.63) is 24.3 Å². The van der Waals surface area contributed by atoms with Crippen molar-refractivity contribution in [2.24, 2.45) is 0 Å². The predicted molar refractivity (Wildman–Crippen MR) is 61.6 cm³/mol. The van der Waals surface area contributed by atoms with Crippen LogP contribution in [0.1, 0.15) is 5.56 Å². The molecule has 0 spiro atoms. The minimum Gasteiger partial charge on any atom is -0.506 e. The Bertz CT molecular complexity index is 510. The van der Waals surface area contributed by atoms with E-state index in [0.29, 0.717) is 0 Å². The van der Waals surface area contributed by atoms with E-state index in [2.05, 4.69) is 6.58 Å². The number of aromatic hydroxyl groups is 1. The maximum absolute atomic E-state index is 11.0. The summed E-state index contributed by atoms with van der Waals surface area (Å²) >= 11 is 0. The lowest BCUT2D eigenvalue weighted by molar-refractivity contribution is 0.383. The molecule has 0 bridgehead atoms. The van der Waals surface area contributed by atoms with E-state index in [1.807, 2.05) is 0 Å². The zero-order chi connectivity index (χ0) is 13.4. The molecular weight excluding hydrogens is 270 g/mol. The van der Waals surface area contributed by atoms with Gasteiger partial charge in [0.25, 0.3) is 0 Å². The molecule has 17 heavy (non-hydrogen) atoms. The van der Waals surface area contributed by atoms with E-state index in [9.17, 15) is 14.2 Å². The van der Waals surface area contributed by atoms with Crippen molar-refractivity contribution in [2.45, 2.75) is 0 Å². The van der Waals surface area contributed by atoms with Gasteiger partial charge in [-0.3, -0.25) is 9.13 Å². The molecule has 1 rings (SSSR count). The smallest absolute Gasteiger partial charge is 0.360 e. The number of rotatable bonds is 3. The van der Waals surface area contributed by atoms with Gasteiger partial charge in [-0.2, -0.15) is 0 Å². The molecule has 0 aliphatic carbocycles. The largest absolute Gasteiger partial charge is 0.506 e. The molecule has 9 heteroatoms.